The summed E-state index contributed by atoms with van der Waals surface area (Å²) in [7, 11) is -1.50. The van der Waals surface area contributed by atoms with Crippen LogP contribution < -0.4 is 5.73 Å². The van der Waals surface area contributed by atoms with Crippen LogP contribution in [0.5, 0.6) is 0 Å². The van der Waals surface area contributed by atoms with E-state index in [4.69, 9.17) is 12.2 Å². The molecule has 0 unspecified atom stereocenters. The average Bonchev–Trinajstić information content (AvgIpc) is 1.98. The van der Waals surface area contributed by atoms with Crippen LogP contribution >= 0.6 is 0 Å². The summed E-state index contributed by atoms with van der Waals surface area (Å²) in [5.41, 5.74) is 7.07. The molecule has 72 valence electrons. The minimum absolute atomic E-state index is 0.527. The van der Waals surface area contributed by atoms with Gasteiger partial charge in [0.1, 0.15) is 8.07 Å². The van der Waals surface area contributed by atoms with Gasteiger partial charge in [0.25, 0.3) is 0 Å². The van der Waals surface area contributed by atoms with Crippen molar-refractivity contribution in [2.75, 3.05) is 0 Å². The number of nitrogens with two attached hydrogens (primary N) is 1. The van der Waals surface area contributed by atoms with E-state index in [2.05, 4.69) is 37.0 Å². The van der Waals surface area contributed by atoms with E-state index in [0.717, 1.165) is 0 Å². The van der Waals surface area contributed by atoms with Crippen LogP contribution in [0.4, 0.5) is 0 Å². The molecule has 0 saturated carbocycles. The molecule has 0 rings (SSSR count). The zero-order valence-electron chi connectivity index (χ0n) is 8.68. The van der Waals surface area contributed by atoms with Crippen molar-refractivity contribution < 1.29 is 5.11 Å². The summed E-state index contributed by atoms with van der Waals surface area (Å²) >= 11 is 0. The van der Waals surface area contributed by atoms with Crippen molar-refractivity contribution in [1.29, 1.82) is 0 Å². The second kappa shape index (κ2) is 3.98. The molecule has 0 aliphatic heterocycles. The van der Waals surface area contributed by atoms with Gasteiger partial charge in [-0.3, -0.25) is 0 Å². The van der Waals surface area contributed by atoms with Crippen LogP contribution in [0.1, 0.15) is 6.92 Å². The normalized spacial score (nSPS) is 17.6. The Kier molecular flexibility index (Phi) is 3.75. The summed E-state index contributed by atoms with van der Waals surface area (Å²) in [5, 5.41) is 9.75. The third-order valence-electron chi connectivity index (χ3n) is 1.51. The van der Waals surface area contributed by atoms with Crippen LogP contribution in [0.25, 0.3) is 0 Å². The fourth-order valence-corrected chi connectivity index (χ4v) is 1.13. The van der Waals surface area contributed by atoms with E-state index in [1.54, 1.807) is 6.92 Å². The topological polar surface area (TPSA) is 46.2 Å². The second-order valence-corrected chi connectivity index (χ2v) is 8.95. The van der Waals surface area contributed by atoms with Crippen molar-refractivity contribution in [2.24, 2.45) is 5.73 Å². The zero-order valence-corrected chi connectivity index (χ0v) is 9.68. The lowest BCUT2D eigenvalue weighted by Gasteiger charge is -2.20. The Morgan fingerprint density at radius 3 is 2.15 bits per heavy atom. The van der Waals surface area contributed by atoms with Crippen molar-refractivity contribution >= 4 is 8.07 Å². The molecule has 3 heteroatoms. The first kappa shape index (κ1) is 12.3. The molecule has 2 atom stereocenters. The maximum Gasteiger partial charge on any atom is 0.201 e. The quantitative estimate of drug-likeness (QED) is 0.475. The van der Waals surface area contributed by atoms with Gasteiger partial charge < -0.3 is 10.8 Å². The smallest absolute Gasteiger partial charge is 0.201 e. The van der Waals surface area contributed by atoms with Crippen LogP contribution in [-0.4, -0.2) is 24.8 Å². The van der Waals surface area contributed by atoms with Gasteiger partial charge in [-0.05, 0) is 6.92 Å². The van der Waals surface area contributed by atoms with E-state index in [1.807, 2.05) is 0 Å². The molecule has 0 spiro atoms. The van der Waals surface area contributed by atoms with Crippen LogP contribution in [0.3, 0.4) is 0 Å². The number of hydrogen-bond acceptors (Lipinski definition) is 2. The Hall–Kier alpha value is -0.743. The first-order valence-corrected chi connectivity index (χ1v) is 7.71. The molecular weight excluding hydrogens is 178 g/mol. The van der Waals surface area contributed by atoms with Gasteiger partial charge in [0.2, 0.25) is 5.60 Å². The summed E-state index contributed by atoms with van der Waals surface area (Å²) < 4.78 is 0. The number of terminal acetylenes is 1. The predicted molar refractivity (Wildman–Crippen MR) is 58.6 cm³/mol. The van der Waals surface area contributed by atoms with Gasteiger partial charge in [-0.15, -0.1) is 12.0 Å². The van der Waals surface area contributed by atoms with Gasteiger partial charge in [-0.25, -0.2) is 0 Å². The number of rotatable bonds is 1. The fourth-order valence-electron chi connectivity index (χ4n) is 0.564. The van der Waals surface area contributed by atoms with Crippen LogP contribution in [0, 0.1) is 23.8 Å². The van der Waals surface area contributed by atoms with E-state index < -0.39 is 19.7 Å². The van der Waals surface area contributed by atoms with Crippen LogP contribution in [0.2, 0.25) is 19.6 Å². The van der Waals surface area contributed by atoms with E-state index in [9.17, 15) is 5.11 Å². The first-order chi connectivity index (χ1) is 5.71. The molecule has 13 heavy (non-hydrogen) atoms. The van der Waals surface area contributed by atoms with Crippen molar-refractivity contribution in [3.63, 3.8) is 0 Å². The Morgan fingerprint density at radius 1 is 1.46 bits per heavy atom. The van der Waals surface area contributed by atoms with E-state index in [1.165, 1.54) is 0 Å². The van der Waals surface area contributed by atoms with Crippen molar-refractivity contribution in [1.82, 2.24) is 0 Å². The Morgan fingerprint density at radius 2 is 1.92 bits per heavy atom. The first-order valence-electron chi connectivity index (χ1n) is 4.21. The molecule has 0 aliphatic rings. The zero-order chi connectivity index (χ0) is 10.7. The fraction of sp³-hybridized carbons (Fsp3) is 0.600. The number of hydrogen-bond donors (Lipinski definition) is 2. The highest BCUT2D eigenvalue weighted by molar-refractivity contribution is 6.83. The molecule has 0 bridgehead atoms. The lowest BCUT2D eigenvalue weighted by molar-refractivity contribution is 0.139. The highest BCUT2D eigenvalue weighted by Crippen LogP contribution is 2.07. The third kappa shape index (κ3) is 4.14. The molecule has 0 aromatic heterocycles. The lowest BCUT2D eigenvalue weighted by atomic mass is 9.99. The minimum Gasteiger partial charge on any atom is -0.366 e. The predicted octanol–water partition coefficient (Wildman–Crippen LogP) is 0.579. The van der Waals surface area contributed by atoms with Crippen LogP contribution in [-0.2, 0) is 0 Å². The highest BCUT2D eigenvalue weighted by atomic mass is 28.3. The standard InChI is InChI=1S/C10H17NOSi/c1-6-10(12,9(2)11)7-8-13(3,4)5/h1,9,12H,11H2,2-5H3/t9-,10+/m1/s1. The van der Waals surface area contributed by atoms with Crippen molar-refractivity contribution in [3.05, 3.63) is 0 Å². The van der Waals surface area contributed by atoms with E-state index >= 15 is 0 Å². The van der Waals surface area contributed by atoms with Gasteiger partial charge in [0.15, 0.2) is 0 Å². The summed E-state index contributed by atoms with van der Waals surface area (Å²) in [6.07, 6.45) is 5.17. The third-order valence-corrected chi connectivity index (χ3v) is 2.38. The lowest BCUT2D eigenvalue weighted by Crippen LogP contribution is -2.44. The molecule has 2 nitrogen and oxygen atoms in total. The second-order valence-electron chi connectivity index (χ2n) is 4.20. The minimum atomic E-state index is -1.50. The van der Waals surface area contributed by atoms with Gasteiger partial charge >= 0.3 is 0 Å². The molecule has 3 N–H and O–H groups in total. The monoisotopic (exact) mass is 195 g/mol. The summed E-state index contributed by atoms with van der Waals surface area (Å²) in [6.45, 7) is 7.90. The van der Waals surface area contributed by atoms with Gasteiger partial charge in [0, 0.05) is 0 Å². The van der Waals surface area contributed by atoms with Crippen molar-refractivity contribution in [3.8, 4) is 23.8 Å². The molecule has 0 radical (unpaired) electrons. The van der Waals surface area contributed by atoms with Gasteiger partial charge in [-0.2, -0.15) is 0 Å². The van der Waals surface area contributed by atoms with Gasteiger partial charge in [-0.1, -0.05) is 31.5 Å². The Balaban J connectivity index is 4.83. The molecule has 0 fully saturated rings. The summed E-state index contributed by atoms with van der Waals surface area (Å²) in [5.74, 6) is 4.92. The number of aliphatic hydroxyl groups is 1. The largest absolute Gasteiger partial charge is 0.366 e. The maximum absolute atomic E-state index is 9.75. The van der Waals surface area contributed by atoms with Crippen molar-refractivity contribution in [2.45, 2.75) is 38.2 Å². The molecule has 0 aliphatic carbocycles. The molecular formula is C10H17NOSi. The van der Waals surface area contributed by atoms with Crippen LogP contribution in [0.15, 0.2) is 0 Å². The highest BCUT2D eigenvalue weighted by Gasteiger charge is 2.26. The summed E-state index contributed by atoms with van der Waals surface area (Å²) in [4.78, 5) is 0. The van der Waals surface area contributed by atoms with E-state index in [0.29, 0.717) is 0 Å². The van der Waals surface area contributed by atoms with Gasteiger partial charge in [0.05, 0.1) is 6.04 Å². The SMILES string of the molecule is C#C[C@](O)(C#C[Si](C)(C)C)[C@@H](C)N. The molecule has 0 aromatic carbocycles. The maximum atomic E-state index is 9.75. The molecule has 0 saturated heterocycles. The summed E-state index contributed by atoms with van der Waals surface area (Å²) in [6, 6.07) is -0.527. The molecule has 0 amide bonds. The Labute approximate surface area is 81.5 Å². The van der Waals surface area contributed by atoms with E-state index in [-0.39, 0.29) is 0 Å². The molecule has 0 aromatic rings. The molecule has 0 heterocycles. The Bertz CT molecular complexity index is 274. The average molecular weight is 195 g/mol.